The highest BCUT2D eigenvalue weighted by atomic mass is 35.5. The summed E-state index contributed by atoms with van der Waals surface area (Å²) in [7, 11) is 1.73. The van der Waals surface area contributed by atoms with E-state index in [1.807, 2.05) is 12.1 Å². The molecular formula is C15H14ClN3O. The lowest BCUT2D eigenvalue weighted by molar-refractivity contribution is 0.121. The van der Waals surface area contributed by atoms with Gasteiger partial charge in [-0.1, -0.05) is 11.6 Å². The smallest absolute Gasteiger partial charge is 0.130 e. The second kappa shape index (κ2) is 5.28. The van der Waals surface area contributed by atoms with Crippen molar-refractivity contribution >= 4 is 28.3 Å². The van der Waals surface area contributed by atoms with E-state index in [0.717, 1.165) is 36.2 Å². The fourth-order valence-electron chi connectivity index (χ4n) is 2.57. The second-order valence-electron chi connectivity index (χ2n) is 4.89. The Morgan fingerprint density at radius 3 is 3.00 bits per heavy atom. The number of benzene rings is 1. The van der Waals surface area contributed by atoms with Crippen LogP contribution in [0.25, 0.3) is 10.9 Å². The molecule has 102 valence electrons. The molecule has 1 aromatic carbocycles. The van der Waals surface area contributed by atoms with Gasteiger partial charge in [0.15, 0.2) is 0 Å². The zero-order chi connectivity index (χ0) is 14.1. The Morgan fingerprint density at radius 2 is 2.30 bits per heavy atom. The molecule has 0 amide bonds. The summed E-state index contributed by atoms with van der Waals surface area (Å²) in [5.74, 6) is 0.830. The Balaban J connectivity index is 2.05. The van der Waals surface area contributed by atoms with Crippen molar-refractivity contribution in [2.45, 2.75) is 12.5 Å². The van der Waals surface area contributed by atoms with E-state index in [-0.39, 0.29) is 6.10 Å². The van der Waals surface area contributed by atoms with Gasteiger partial charge in [-0.25, -0.2) is 4.98 Å². The van der Waals surface area contributed by atoms with Crippen molar-refractivity contribution in [2.24, 2.45) is 0 Å². The van der Waals surface area contributed by atoms with E-state index < -0.39 is 0 Å². The molecule has 2 heterocycles. The molecule has 0 spiro atoms. The lowest BCUT2D eigenvalue weighted by Gasteiger charge is -2.18. The second-order valence-corrected chi connectivity index (χ2v) is 5.33. The first kappa shape index (κ1) is 13.2. The lowest BCUT2D eigenvalue weighted by atomic mass is 10.1. The van der Waals surface area contributed by atoms with Gasteiger partial charge in [0.2, 0.25) is 0 Å². The number of aromatic nitrogens is 1. The summed E-state index contributed by atoms with van der Waals surface area (Å²) in [6, 6.07) is 9.49. The Labute approximate surface area is 122 Å². The third-order valence-corrected chi connectivity index (χ3v) is 3.92. The number of nitrogens with zero attached hydrogens (tertiary/aromatic N) is 3. The van der Waals surface area contributed by atoms with Crippen LogP contribution in [0, 0.1) is 11.3 Å². The van der Waals surface area contributed by atoms with Crippen molar-refractivity contribution in [1.29, 1.82) is 5.26 Å². The Morgan fingerprint density at radius 1 is 1.45 bits per heavy atom. The van der Waals surface area contributed by atoms with Gasteiger partial charge in [0.1, 0.15) is 5.82 Å². The summed E-state index contributed by atoms with van der Waals surface area (Å²) in [6.07, 6.45) is 1.22. The normalized spacial score (nSPS) is 18.4. The van der Waals surface area contributed by atoms with Crippen LogP contribution in [0.1, 0.15) is 12.0 Å². The molecule has 3 rings (SSSR count). The van der Waals surface area contributed by atoms with Gasteiger partial charge in [-0.15, -0.1) is 0 Å². The summed E-state index contributed by atoms with van der Waals surface area (Å²) in [5, 5.41) is 10.7. The van der Waals surface area contributed by atoms with Crippen LogP contribution in [0.3, 0.4) is 0 Å². The maximum Gasteiger partial charge on any atom is 0.130 e. The molecule has 1 aliphatic heterocycles. The van der Waals surface area contributed by atoms with Crippen LogP contribution in [-0.4, -0.2) is 31.3 Å². The van der Waals surface area contributed by atoms with Crippen LogP contribution >= 0.6 is 11.6 Å². The number of hydrogen-bond acceptors (Lipinski definition) is 4. The van der Waals surface area contributed by atoms with Crippen LogP contribution in [0.5, 0.6) is 0 Å². The Bertz CT molecular complexity index is 695. The van der Waals surface area contributed by atoms with E-state index in [1.54, 1.807) is 19.2 Å². The van der Waals surface area contributed by atoms with E-state index in [9.17, 15) is 5.26 Å². The average molecular weight is 288 g/mol. The van der Waals surface area contributed by atoms with Crippen LogP contribution in [0.2, 0.25) is 5.02 Å². The lowest BCUT2D eigenvalue weighted by Crippen LogP contribution is -2.23. The topological polar surface area (TPSA) is 49.1 Å². The minimum absolute atomic E-state index is 0.239. The molecule has 1 fully saturated rings. The molecule has 1 aromatic heterocycles. The highest BCUT2D eigenvalue weighted by Crippen LogP contribution is 2.27. The molecule has 0 bridgehead atoms. The minimum Gasteiger partial charge on any atom is -0.380 e. The summed E-state index contributed by atoms with van der Waals surface area (Å²) in [5.41, 5.74) is 1.40. The van der Waals surface area contributed by atoms with Gasteiger partial charge in [-0.2, -0.15) is 5.26 Å². The van der Waals surface area contributed by atoms with Crippen molar-refractivity contribution in [3.05, 3.63) is 34.9 Å². The van der Waals surface area contributed by atoms with E-state index in [1.165, 1.54) is 0 Å². The van der Waals surface area contributed by atoms with Gasteiger partial charge in [0.25, 0.3) is 0 Å². The van der Waals surface area contributed by atoms with Crippen LogP contribution in [0.4, 0.5) is 5.82 Å². The molecule has 5 heteroatoms. The molecule has 0 saturated carbocycles. The highest BCUT2D eigenvalue weighted by Gasteiger charge is 2.23. The van der Waals surface area contributed by atoms with Crippen molar-refractivity contribution in [2.75, 3.05) is 25.1 Å². The quantitative estimate of drug-likeness (QED) is 0.852. The van der Waals surface area contributed by atoms with Crippen LogP contribution in [0.15, 0.2) is 24.3 Å². The van der Waals surface area contributed by atoms with Crippen molar-refractivity contribution in [1.82, 2.24) is 4.98 Å². The molecule has 1 saturated heterocycles. The van der Waals surface area contributed by atoms with E-state index in [4.69, 9.17) is 16.3 Å². The van der Waals surface area contributed by atoms with Crippen molar-refractivity contribution < 1.29 is 4.74 Å². The monoisotopic (exact) mass is 287 g/mol. The Kier molecular flexibility index (Phi) is 3.47. The van der Waals surface area contributed by atoms with Gasteiger partial charge in [-0.3, -0.25) is 0 Å². The van der Waals surface area contributed by atoms with Gasteiger partial charge in [0, 0.05) is 30.6 Å². The summed E-state index contributed by atoms with van der Waals surface area (Å²) in [4.78, 5) is 6.79. The highest BCUT2D eigenvalue weighted by molar-refractivity contribution is 6.31. The zero-order valence-corrected chi connectivity index (χ0v) is 11.9. The first-order valence-electron chi connectivity index (χ1n) is 6.49. The first-order valence-corrected chi connectivity index (χ1v) is 6.87. The molecule has 4 nitrogen and oxygen atoms in total. The van der Waals surface area contributed by atoms with Crippen molar-refractivity contribution in [3.63, 3.8) is 0 Å². The molecule has 0 N–H and O–H groups in total. The van der Waals surface area contributed by atoms with E-state index in [0.29, 0.717) is 10.6 Å². The number of nitriles is 1. The number of rotatable bonds is 2. The minimum atomic E-state index is 0.239. The van der Waals surface area contributed by atoms with E-state index in [2.05, 4.69) is 16.0 Å². The third kappa shape index (κ3) is 2.31. The average Bonchev–Trinajstić information content (AvgIpc) is 2.95. The van der Waals surface area contributed by atoms with Gasteiger partial charge < -0.3 is 9.64 Å². The predicted octanol–water partition coefficient (Wildman–Crippen LogP) is 2.98. The predicted molar refractivity (Wildman–Crippen MR) is 79.1 cm³/mol. The SMILES string of the molecule is CO[C@@H]1CCN(c2cc(C#N)c3cc(Cl)ccc3n2)C1. The molecule has 0 radical (unpaired) electrons. The summed E-state index contributed by atoms with van der Waals surface area (Å²) >= 11 is 5.99. The van der Waals surface area contributed by atoms with Crippen molar-refractivity contribution in [3.8, 4) is 6.07 Å². The number of methoxy groups -OCH3 is 1. The number of halogens is 1. The third-order valence-electron chi connectivity index (χ3n) is 3.68. The fourth-order valence-corrected chi connectivity index (χ4v) is 2.74. The van der Waals surface area contributed by atoms with Crippen LogP contribution < -0.4 is 4.90 Å². The molecular weight excluding hydrogens is 274 g/mol. The molecule has 20 heavy (non-hydrogen) atoms. The standard InChI is InChI=1S/C15H14ClN3O/c1-20-12-4-5-19(9-12)15-6-10(8-17)13-7-11(16)2-3-14(13)18-15/h2-3,6-7,12H,4-5,9H2,1H3/t12-/m1/s1. The molecule has 2 aromatic rings. The number of ether oxygens (including phenoxy) is 1. The largest absolute Gasteiger partial charge is 0.380 e. The van der Waals surface area contributed by atoms with Gasteiger partial charge >= 0.3 is 0 Å². The summed E-state index contributed by atoms with van der Waals surface area (Å²) in [6.45, 7) is 1.71. The first-order chi connectivity index (χ1) is 9.71. The van der Waals surface area contributed by atoms with E-state index >= 15 is 0 Å². The number of fused-ring (bicyclic) bond motifs is 1. The molecule has 1 atom stereocenters. The maximum atomic E-state index is 9.33. The molecule has 1 aliphatic rings. The number of anilines is 1. The Hall–Kier alpha value is -1.83. The van der Waals surface area contributed by atoms with Gasteiger partial charge in [0.05, 0.1) is 23.3 Å². The van der Waals surface area contributed by atoms with Crippen LogP contribution in [-0.2, 0) is 4.74 Å². The van der Waals surface area contributed by atoms with Gasteiger partial charge in [-0.05, 0) is 30.7 Å². The molecule has 0 aliphatic carbocycles. The fraction of sp³-hybridized carbons (Fsp3) is 0.333. The molecule has 0 unspecified atom stereocenters. The zero-order valence-electron chi connectivity index (χ0n) is 11.1. The number of hydrogen-bond donors (Lipinski definition) is 0. The maximum absolute atomic E-state index is 9.33. The summed E-state index contributed by atoms with van der Waals surface area (Å²) < 4.78 is 5.37. The number of pyridine rings is 1.